The lowest BCUT2D eigenvalue weighted by Crippen LogP contribution is -2.24. The average molecular weight is 260 g/mol. The van der Waals surface area contributed by atoms with Gasteiger partial charge in [-0.3, -0.25) is 9.59 Å². The van der Waals surface area contributed by atoms with Gasteiger partial charge in [0.15, 0.2) is 5.78 Å². The standard InChI is InChI=1S/C16H20O3/c1-11-4-2-6-13(8-11)15(17)10-12-5-3-7-14(9-12)16(18)19/h2,4,6,8,12,14H,3,5,7,9-10H2,1H3,(H,18,19)/t12-,14+/m1/s1. The van der Waals surface area contributed by atoms with Crippen molar-refractivity contribution in [2.24, 2.45) is 11.8 Å². The molecule has 0 saturated heterocycles. The Balaban J connectivity index is 1.97. The van der Waals surface area contributed by atoms with Crippen molar-refractivity contribution >= 4 is 11.8 Å². The second-order valence-corrected chi connectivity index (χ2v) is 5.56. The largest absolute Gasteiger partial charge is 0.481 e. The molecule has 3 heteroatoms. The molecule has 102 valence electrons. The van der Waals surface area contributed by atoms with Gasteiger partial charge in [0.05, 0.1) is 5.92 Å². The molecule has 1 aliphatic rings. The number of benzene rings is 1. The van der Waals surface area contributed by atoms with Crippen LogP contribution in [-0.4, -0.2) is 16.9 Å². The van der Waals surface area contributed by atoms with E-state index in [1.165, 1.54) is 0 Å². The van der Waals surface area contributed by atoms with Gasteiger partial charge in [0.25, 0.3) is 0 Å². The van der Waals surface area contributed by atoms with E-state index in [4.69, 9.17) is 5.11 Å². The van der Waals surface area contributed by atoms with Crippen LogP contribution in [0, 0.1) is 18.8 Å². The fourth-order valence-corrected chi connectivity index (χ4v) is 2.90. The minimum Gasteiger partial charge on any atom is -0.481 e. The van der Waals surface area contributed by atoms with Crippen LogP contribution in [0.25, 0.3) is 0 Å². The molecular formula is C16H20O3. The van der Waals surface area contributed by atoms with Crippen LogP contribution in [0.1, 0.15) is 48.0 Å². The molecule has 3 nitrogen and oxygen atoms in total. The van der Waals surface area contributed by atoms with Crippen LogP contribution in [0.2, 0.25) is 0 Å². The number of aryl methyl sites for hydroxylation is 1. The molecule has 0 amide bonds. The molecule has 0 bridgehead atoms. The Hall–Kier alpha value is -1.64. The second-order valence-electron chi connectivity index (χ2n) is 5.56. The summed E-state index contributed by atoms with van der Waals surface area (Å²) in [6, 6.07) is 7.61. The van der Waals surface area contributed by atoms with E-state index in [-0.39, 0.29) is 17.6 Å². The zero-order chi connectivity index (χ0) is 13.8. The van der Waals surface area contributed by atoms with E-state index in [1.54, 1.807) is 0 Å². The van der Waals surface area contributed by atoms with Crippen molar-refractivity contribution in [1.82, 2.24) is 0 Å². The Bertz CT molecular complexity index is 479. The molecule has 2 rings (SSSR count). The third kappa shape index (κ3) is 3.66. The van der Waals surface area contributed by atoms with Crippen molar-refractivity contribution in [3.8, 4) is 0 Å². The highest BCUT2D eigenvalue weighted by Crippen LogP contribution is 2.32. The number of hydrogen-bond donors (Lipinski definition) is 1. The summed E-state index contributed by atoms with van der Waals surface area (Å²) in [7, 11) is 0. The lowest BCUT2D eigenvalue weighted by molar-refractivity contribution is -0.143. The van der Waals surface area contributed by atoms with Gasteiger partial charge in [0.1, 0.15) is 0 Å². The van der Waals surface area contributed by atoms with E-state index in [0.29, 0.717) is 12.8 Å². The average Bonchev–Trinajstić information content (AvgIpc) is 2.39. The fraction of sp³-hybridized carbons (Fsp3) is 0.500. The van der Waals surface area contributed by atoms with Crippen LogP contribution in [-0.2, 0) is 4.79 Å². The van der Waals surface area contributed by atoms with Crippen LogP contribution >= 0.6 is 0 Å². The Morgan fingerprint density at radius 3 is 2.79 bits per heavy atom. The van der Waals surface area contributed by atoms with Crippen LogP contribution in [0.3, 0.4) is 0 Å². The molecule has 0 radical (unpaired) electrons. The minimum absolute atomic E-state index is 0.139. The highest BCUT2D eigenvalue weighted by molar-refractivity contribution is 5.96. The van der Waals surface area contributed by atoms with Gasteiger partial charge in [-0.2, -0.15) is 0 Å². The van der Waals surface area contributed by atoms with Gasteiger partial charge in [0.2, 0.25) is 0 Å². The summed E-state index contributed by atoms with van der Waals surface area (Å²) in [5.41, 5.74) is 1.83. The summed E-state index contributed by atoms with van der Waals surface area (Å²) < 4.78 is 0. The van der Waals surface area contributed by atoms with E-state index < -0.39 is 5.97 Å². The molecular weight excluding hydrogens is 240 g/mol. The molecule has 1 N–H and O–H groups in total. The Kier molecular flexibility index (Phi) is 4.35. The summed E-state index contributed by atoms with van der Waals surface area (Å²) in [6.07, 6.45) is 3.77. The van der Waals surface area contributed by atoms with Gasteiger partial charge in [-0.05, 0) is 38.2 Å². The third-order valence-electron chi connectivity index (χ3n) is 3.95. The molecule has 0 unspecified atom stereocenters. The molecule has 2 atom stereocenters. The van der Waals surface area contributed by atoms with E-state index >= 15 is 0 Å². The van der Waals surface area contributed by atoms with Crippen LogP contribution in [0.5, 0.6) is 0 Å². The SMILES string of the molecule is Cc1cccc(C(=O)C[C@@H]2CCC[C@H](C(=O)O)C2)c1. The quantitative estimate of drug-likeness (QED) is 0.843. The molecule has 0 heterocycles. The van der Waals surface area contributed by atoms with Crippen molar-refractivity contribution in [3.05, 3.63) is 35.4 Å². The molecule has 1 fully saturated rings. The summed E-state index contributed by atoms with van der Waals surface area (Å²) >= 11 is 0. The van der Waals surface area contributed by atoms with Crippen LogP contribution in [0.4, 0.5) is 0 Å². The first-order chi connectivity index (χ1) is 9.06. The van der Waals surface area contributed by atoms with E-state index in [2.05, 4.69) is 0 Å². The molecule has 0 aliphatic heterocycles. The van der Waals surface area contributed by atoms with Gasteiger partial charge < -0.3 is 5.11 Å². The molecule has 1 saturated carbocycles. The molecule has 1 aliphatic carbocycles. The predicted molar refractivity (Wildman–Crippen MR) is 73.2 cm³/mol. The smallest absolute Gasteiger partial charge is 0.306 e. The lowest BCUT2D eigenvalue weighted by atomic mass is 9.78. The monoisotopic (exact) mass is 260 g/mol. The summed E-state index contributed by atoms with van der Waals surface area (Å²) in [6.45, 7) is 1.97. The van der Waals surface area contributed by atoms with Crippen LogP contribution < -0.4 is 0 Å². The fourth-order valence-electron chi connectivity index (χ4n) is 2.90. The molecule has 0 aromatic heterocycles. The summed E-state index contributed by atoms with van der Waals surface area (Å²) in [4.78, 5) is 23.2. The number of carboxylic acids is 1. The number of ketones is 1. The zero-order valence-corrected chi connectivity index (χ0v) is 11.3. The topological polar surface area (TPSA) is 54.4 Å². The number of hydrogen-bond acceptors (Lipinski definition) is 2. The Labute approximate surface area is 113 Å². The van der Waals surface area contributed by atoms with Crippen molar-refractivity contribution in [2.45, 2.75) is 39.0 Å². The zero-order valence-electron chi connectivity index (χ0n) is 11.3. The van der Waals surface area contributed by atoms with Crippen LogP contribution in [0.15, 0.2) is 24.3 Å². The van der Waals surface area contributed by atoms with Crippen molar-refractivity contribution in [1.29, 1.82) is 0 Å². The van der Waals surface area contributed by atoms with Gasteiger partial charge >= 0.3 is 5.97 Å². The number of carboxylic acid groups (broad SMARTS) is 1. The van der Waals surface area contributed by atoms with Gasteiger partial charge in [-0.15, -0.1) is 0 Å². The van der Waals surface area contributed by atoms with Gasteiger partial charge in [-0.25, -0.2) is 0 Å². The molecule has 0 spiro atoms. The number of carbonyl (C=O) groups excluding carboxylic acids is 1. The van der Waals surface area contributed by atoms with Gasteiger partial charge in [0, 0.05) is 12.0 Å². The van der Waals surface area contributed by atoms with Crippen molar-refractivity contribution in [3.63, 3.8) is 0 Å². The van der Waals surface area contributed by atoms with Gasteiger partial charge in [-0.1, -0.05) is 30.2 Å². The normalized spacial score (nSPS) is 23.0. The maximum absolute atomic E-state index is 12.2. The number of aliphatic carboxylic acids is 1. The molecule has 1 aromatic rings. The maximum atomic E-state index is 12.2. The first kappa shape index (κ1) is 13.8. The van der Waals surface area contributed by atoms with E-state index in [1.807, 2.05) is 31.2 Å². The lowest BCUT2D eigenvalue weighted by Gasteiger charge is -2.26. The first-order valence-electron chi connectivity index (χ1n) is 6.89. The summed E-state index contributed by atoms with van der Waals surface area (Å²) in [5, 5.41) is 9.06. The molecule has 1 aromatic carbocycles. The Morgan fingerprint density at radius 2 is 2.11 bits per heavy atom. The predicted octanol–water partition coefficient (Wildman–Crippen LogP) is 3.46. The second kappa shape index (κ2) is 6.00. The van der Waals surface area contributed by atoms with Crippen molar-refractivity contribution < 1.29 is 14.7 Å². The third-order valence-corrected chi connectivity index (χ3v) is 3.95. The maximum Gasteiger partial charge on any atom is 0.306 e. The summed E-state index contributed by atoms with van der Waals surface area (Å²) in [5.74, 6) is -0.612. The number of Topliss-reactive ketones (excluding diaryl/α,β-unsaturated/α-hetero) is 1. The number of rotatable bonds is 4. The molecule has 19 heavy (non-hydrogen) atoms. The van der Waals surface area contributed by atoms with Crippen molar-refractivity contribution in [2.75, 3.05) is 0 Å². The van der Waals surface area contributed by atoms with E-state index in [9.17, 15) is 9.59 Å². The first-order valence-corrected chi connectivity index (χ1v) is 6.89. The highest BCUT2D eigenvalue weighted by atomic mass is 16.4. The number of carbonyl (C=O) groups is 2. The Morgan fingerprint density at radius 1 is 1.32 bits per heavy atom. The minimum atomic E-state index is -0.715. The highest BCUT2D eigenvalue weighted by Gasteiger charge is 2.28. The van der Waals surface area contributed by atoms with E-state index in [0.717, 1.165) is 30.4 Å².